The van der Waals surface area contributed by atoms with Crippen LogP contribution in [0.15, 0.2) is 48.8 Å². The number of non-ortho nitro benzene ring substituents is 1. The van der Waals surface area contributed by atoms with E-state index in [4.69, 9.17) is 4.74 Å². The van der Waals surface area contributed by atoms with Gasteiger partial charge in [-0.2, -0.15) is 0 Å². The first-order valence-corrected chi connectivity index (χ1v) is 5.99. The lowest BCUT2D eigenvalue weighted by atomic mass is 10.2. The van der Waals surface area contributed by atoms with Crippen LogP contribution >= 0.6 is 0 Å². The molecule has 6 heteroatoms. The van der Waals surface area contributed by atoms with Crippen LogP contribution in [0.2, 0.25) is 0 Å². The standard InChI is InChI=1S/C14H12N2O4/c17-14(7-6-11-3-2-8-15-10-11)20-13-5-1-4-12(9-13)16(18)19/h1-5,8-10H,6-7H2. The molecule has 0 saturated carbocycles. The van der Waals surface area contributed by atoms with Gasteiger partial charge in [-0.3, -0.25) is 19.9 Å². The van der Waals surface area contributed by atoms with Gasteiger partial charge in [0.15, 0.2) is 0 Å². The minimum Gasteiger partial charge on any atom is -0.426 e. The monoisotopic (exact) mass is 272 g/mol. The highest BCUT2D eigenvalue weighted by molar-refractivity contribution is 5.72. The first-order valence-electron chi connectivity index (χ1n) is 5.99. The van der Waals surface area contributed by atoms with E-state index in [0.717, 1.165) is 5.56 Å². The van der Waals surface area contributed by atoms with Gasteiger partial charge in [0.25, 0.3) is 5.69 Å². The van der Waals surface area contributed by atoms with Gasteiger partial charge in [-0.15, -0.1) is 0 Å². The molecule has 0 saturated heterocycles. The summed E-state index contributed by atoms with van der Waals surface area (Å²) in [5, 5.41) is 10.6. The highest BCUT2D eigenvalue weighted by Crippen LogP contribution is 2.19. The van der Waals surface area contributed by atoms with Gasteiger partial charge in [0.05, 0.1) is 17.4 Å². The Morgan fingerprint density at radius 3 is 2.85 bits per heavy atom. The van der Waals surface area contributed by atoms with Crippen molar-refractivity contribution in [3.63, 3.8) is 0 Å². The van der Waals surface area contributed by atoms with Crippen LogP contribution in [-0.2, 0) is 11.2 Å². The third kappa shape index (κ3) is 3.88. The molecule has 2 rings (SSSR count). The van der Waals surface area contributed by atoms with Crippen LogP contribution in [-0.4, -0.2) is 15.9 Å². The summed E-state index contributed by atoms with van der Waals surface area (Å²) in [6, 6.07) is 9.21. The van der Waals surface area contributed by atoms with E-state index >= 15 is 0 Å². The SMILES string of the molecule is O=C(CCc1cccnc1)Oc1cccc([N+](=O)[O-])c1. The molecule has 6 nitrogen and oxygen atoms in total. The number of carbonyl (C=O) groups excluding carboxylic acids is 1. The van der Waals surface area contributed by atoms with Gasteiger partial charge in [-0.1, -0.05) is 12.1 Å². The van der Waals surface area contributed by atoms with Crippen LogP contribution in [0.4, 0.5) is 5.69 Å². The average molecular weight is 272 g/mol. The maximum Gasteiger partial charge on any atom is 0.311 e. The van der Waals surface area contributed by atoms with Crippen molar-refractivity contribution < 1.29 is 14.5 Å². The number of nitro groups is 1. The molecule has 0 atom stereocenters. The van der Waals surface area contributed by atoms with E-state index in [1.54, 1.807) is 18.5 Å². The number of hydrogen-bond acceptors (Lipinski definition) is 5. The molecule has 0 spiro atoms. The Bertz CT molecular complexity index is 614. The van der Waals surface area contributed by atoms with Gasteiger partial charge < -0.3 is 4.74 Å². The molecule has 0 unspecified atom stereocenters. The van der Waals surface area contributed by atoms with Crippen LogP contribution in [0.1, 0.15) is 12.0 Å². The summed E-state index contributed by atoms with van der Waals surface area (Å²) in [5.74, 6) is -0.260. The number of aromatic nitrogens is 1. The van der Waals surface area contributed by atoms with E-state index in [2.05, 4.69) is 4.98 Å². The summed E-state index contributed by atoms with van der Waals surface area (Å²) in [5.41, 5.74) is 0.825. The molecule has 102 valence electrons. The first kappa shape index (κ1) is 13.7. The largest absolute Gasteiger partial charge is 0.426 e. The number of nitrogens with zero attached hydrogens (tertiary/aromatic N) is 2. The van der Waals surface area contributed by atoms with Crippen LogP contribution < -0.4 is 4.74 Å². The van der Waals surface area contributed by atoms with Crippen LogP contribution in [0.25, 0.3) is 0 Å². The molecular formula is C14H12N2O4. The number of aryl methyl sites for hydroxylation is 1. The van der Waals surface area contributed by atoms with Gasteiger partial charge in [0, 0.05) is 18.5 Å². The molecule has 2 aromatic rings. The Balaban J connectivity index is 1.91. The molecule has 0 amide bonds. The fourth-order valence-corrected chi connectivity index (χ4v) is 1.64. The lowest BCUT2D eigenvalue weighted by Gasteiger charge is -2.04. The van der Waals surface area contributed by atoms with Crippen LogP contribution in [0.5, 0.6) is 5.75 Å². The zero-order valence-corrected chi connectivity index (χ0v) is 10.6. The summed E-state index contributed by atoms with van der Waals surface area (Å²) in [6.45, 7) is 0. The smallest absolute Gasteiger partial charge is 0.311 e. The summed E-state index contributed by atoms with van der Waals surface area (Å²) in [7, 11) is 0. The van der Waals surface area contributed by atoms with E-state index in [1.165, 1.54) is 24.3 Å². The van der Waals surface area contributed by atoms with Gasteiger partial charge in [-0.25, -0.2) is 0 Å². The van der Waals surface area contributed by atoms with E-state index in [1.807, 2.05) is 6.07 Å². The summed E-state index contributed by atoms with van der Waals surface area (Å²) in [4.78, 5) is 25.7. The van der Waals surface area contributed by atoms with Crippen molar-refractivity contribution in [1.82, 2.24) is 4.98 Å². The van der Waals surface area contributed by atoms with E-state index in [9.17, 15) is 14.9 Å². The Morgan fingerprint density at radius 2 is 2.15 bits per heavy atom. The lowest BCUT2D eigenvalue weighted by molar-refractivity contribution is -0.384. The average Bonchev–Trinajstić information content (AvgIpc) is 2.46. The minimum atomic E-state index is -0.535. The number of ether oxygens (including phenoxy) is 1. The third-order valence-electron chi connectivity index (χ3n) is 2.60. The zero-order valence-electron chi connectivity index (χ0n) is 10.6. The molecule has 0 aliphatic carbocycles. The quantitative estimate of drug-likeness (QED) is 0.361. The molecule has 1 aromatic heterocycles. The van der Waals surface area contributed by atoms with Gasteiger partial charge in [-0.05, 0) is 24.1 Å². The number of esters is 1. The number of benzene rings is 1. The van der Waals surface area contributed by atoms with Crippen molar-refractivity contribution in [2.45, 2.75) is 12.8 Å². The van der Waals surface area contributed by atoms with Crippen molar-refractivity contribution in [2.24, 2.45) is 0 Å². The molecule has 0 N–H and O–H groups in total. The van der Waals surface area contributed by atoms with Gasteiger partial charge in [0.2, 0.25) is 0 Å². The van der Waals surface area contributed by atoms with Crippen molar-refractivity contribution in [2.75, 3.05) is 0 Å². The number of pyridine rings is 1. The first-order chi connectivity index (χ1) is 9.65. The van der Waals surface area contributed by atoms with Crippen molar-refractivity contribution >= 4 is 11.7 Å². The molecular weight excluding hydrogens is 260 g/mol. The predicted molar refractivity (Wildman–Crippen MR) is 71.3 cm³/mol. The second-order valence-electron chi connectivity index (χ2n) is 4.09. The molecule has 20 heavy (non-hydrogen) atoms. The molecule has 0 aliphatic heterocycles. The predicted octanol–water partition coefficient (Wildman–Crippen LogP) is 2.53. The van der Waals surface area contributed by atoms with Crippen molar-refractivity contribution in [3.05, 3.63) is 64.5 Å². The number of rotatable bonds is 5. The molecule has 0 aliphatic rings. The molecule has 0 radical (unpaired) electrons. The second kappa shape index (κ2) is 6.42. The molecule has 0 bridgehead atoms. The van der Waals surface area contributed by atoms with Crippen LogP contribution in [0.3, 0.4) is 0 Å². The summed E-state index contributed by atoms with van der Waals surface area (Å²) < 4.78 is 5.06. The van der Waals surface area contributed by atoms with Gasteiger partial charge >= 0.3 is 5.97 Å². The van der Waals surface area contributed by atoms with E-state index in [0.29, 0.717) is 6.42 Å². The number of nitro benzene ring substituents is 1. The highest BCUT2D eigenvalue weighted by atomic mass is 16.6. The normalized spacial score (nSPS) is 10.0. The fraction of sp³-hybridized carbons (Fsp3) is 0.143. The Kier molecular flexibility index (Phi) is 4.39. The summed E-state index contributed by atoms with van der Waals surface area (Å²) >= 11 is 0. The van der Waals surface area contributed by atoms with E-state index < -0.39 is 10.9 Å². The maximum absolute atomic E-state index is 11.7. The molecule has 1 heterocycles. The zero-order chi connectivity index (χ0) is 14.4. The minimum absolute atomic E-state index is 0.109. The Labute approximate surface area is 115 Å². The third-order valence-corrected chi connectivity index (χ3v) is 2.60. The number of carbonyl (C=O) groups is 1. The topological polar surface area (TPSA) is 82.3 Å². The fourth-order valence-electron chi connectivity index (χ4n) is 1.64. The molecule has 0 fully saturated rings. The van der Waals surface area contributed by atoms with E-state index in [-0.39, 0.29) is 17.9 Å². The highest BCUT2D eigenvalue weighted by Gasteiger charge is 2.10. The summed E-state index contributed by atoms with van der Waals surface area (Å²) in [6.07, 6.45) is 4.04. The second-order valence-corrected chi connectivity index (χ2v) is 4.09. The Morgan fingerprint density at radius 1 is 1.30 bits per heavy atom. The van der Waals surface area contributed by atoms with Crippen molar-refractivity contribution in [1.29, 1.82) is 0 Å². The molecule has 1 aromatic carbocycles. The lowest BCUT2D eigenvalue weighted by Crippen LogP contribution is -2.09. The maximum atomic E-state index is 11.7. The van der Waals surface area contributed by atoms with Crippen LogP contribution in [0, 0.1) is 10.1 Å². The van der Waals surface area contributed by atoms with Gasteiger partial charge in [0.1, 0.15) is 5.75 Å². The van der Waals surface area contributed by atoms with Crippen molar-refractivity contribution in [3.8, 4) is 5.75 Å². The Hall–Kier alpha value is -2.76. The number of hydrogen-bond donors (Lipinski definition) is 0.